The summed E-state index contributed by atoms with van der Waals surface area (Å²) in [5.41, 5.74) is 5.01. The van der Waals surface area contributed by atoms with Crippen molar-refractivity contribution in [2.45, 2.75) is 6.92 Å². The van der Waals surface area contributed by atoms with Crippen LogP contribution in [0.3, 0.4) is 0 Å². The molecule has 0 amide bonds. The van der Waals surface area contributed by atoms with Crippen molar-refractivity contribution in [3.63, 3.8) is 0 Å². The average molecular weight is 286 g/mol. The van der Waals surface area contributed by atoms with Crippen molar-refractivity contribution < 1.29 is 4.39 Å². The first-order valence-electron chi connectivity index (χ1n) is 6.35. The lowest BCUT2D eigenvalue weighted by atomic mass is 10.1. The molecule has 3 rings (SSSR count). The highest BCUT2D eigenvalue weighted by atomic mass is 35.5. The van der Waals surface area contributed by atoms with Crippen molar-refractivity contribution in [1.29, 1.82) is 0 Å². The molecule has 3 heteroatoms. The number of aromatic amines is 1. The molecular formula is C17H13ClFN. The number of hydrogen-bond acceptors (Lipinski definition) is 0. The zero-order valence-corrected chi connectivity index (χ0v) is 11.7. The quantitative estimate of drug-likeness (QED) is 0.644. The minimum absolute atomic E-state index is 0.233. The van der Waals surface area contributed by atoms with Gasteiger partial charge in [-0.15, -0.1) is 0 Å². The Balaban J connectivity index is 2.08. The second-order valence-corrected chi connectivity index (χ2v) is 5.12. The summed E-state index contributed by atoms with van der Waals surface area (Å²) in [5, 5.41) is 0.722. The molecule has 1 nitrogen and oxygen atoms in total. The molecule has 2 aromatic carbocycles. The van der Waals surface area contributed by atoms with Crippen molar-refractivity contribution in [2.24, 2.45) is 0 Å². The highest BCUT2D eigenvalue weighted by molar-refractivity contribution is 6.33. The number of nitrogens with one attached hydrogen (secondary N) is 1. The Labute approximate surface area is 122 Å². The summed E-state index contributed by atoms with van der Waals surface area (Å²) in [5.74, 6) is -0.233. The Kier molecular flexibility index (Phi) is 3.33. The van der Waals surface area contributed by atoms with Gasteiger partial charge in [-0.25, -0.2) is 4.39 Å². The molecule has 0 saturated heterocycles. The summed E-state index contributed by atoms with van der Waals surface area (Å²) in [6, 6.07) is 16.2. The standard InChI is InChI=1S/C17H13ClFN/c1-11-15(14-4-2-3-5-16(14)18)10-17(20-11)12-6-8-13(19)9-7-12/h2-10,20H,1H3. The van der Waals surface area contributed by atoms with Gasteiger partial charge in [0.2, 0.25) is 0 Å². The van der Waals surface area contributed by atoms with E-state index in [9.17, 15) is 4.39 Å². The summed E-state index contributed by atoms with van der Waals surface area (Å²) >= 11 is 6.24. The fourth-order valence-electron chi connectivity index (χ4n) is 2.30. The lowest BCUT2D eigenvalue weighted by Crippen LogP contribution is -1.80. The van der Waals surface area contributed by atoms with Gasteiger partial charge in [-0.1, -0.05) is 29.8 Å². The first kappa shape index (κ1) is 12.9. The van der Waals surface area contributed by atoms with E-state index < -0.39 is 0 Å². The van der Waals surface area contributed by atoms with Gasteiger partial charge in [0.15, 0.2) is 0 Å². The number of benzene rings is 2. The first-order valence-corrected chi connectivity index (χ1v) is 6.73. The molecule has 0 saturated carbocycles. The van der Waals surface area contributed by atoms with Crippen molar-refractivity contribution in [3.05, 3.63) is 71.1 Å². The SMILES string of the molecule is Cc1[nH]c(-c2ccc(F)cc2)cc1-c1ccccc1Cl. The second kappa shape index (κ2) is 5.14. The average Bonchev–Trinajstić information content (AvgIpc) is 2.82. The van der Waals surface area contributed by atoms with Crippen molar-refractivity contribution in [1.82, 2.24) is 4.98 Å². The molecule has 0 aliphatic carbocycles. The topological polar surface area (TPSA) is 15.8 Å². The summed E-state index contributed by atoms with van der Waals surface area (Å²) in [6.07, 6.45) is 0. The molecule has 20 heavy (non-hydrogen) atoms. The van der Waals surface area contributed by atoms with E-state index in [4.69, 9.17) is 11.6 Å². The second-order valence-electron chi connectivity index (χ2n) is 4.71. The molecule has 0 aliphatic heterocycles. The third-order valence-corrected chi connectivity index (χ3v) is 3.66. The van der Waals surface area contributed by atoms with Crippen LogP contribution in [0.4, 0.5) is 4.39 Å². The van der Waals surface area contributed by atoms with E-state index in [1.165, 1.54) is 12.1 Å². The van der Waals surface area contributed by atoms with E-state index in [1.54, 1.807) is 12.1 Å². The van der Waals surface area contributed by atoms with Crippen LogP contribution in [-0.2, 0) is 0 Å². The van der Waals surface area contributed by atoms with E-state index in [0.29, 0.717) is 0 Å². The molecule has 0 radical (unpaired) electrons. The number of aromatic nitrogens is 1. The predicted molar refractivity (Wildman–Crippen MR) is 81.4 cm³/mol. The highest BCUT2D eigenvalue weighted by Crippen LogP contribution is 2.33. The molecule has 0 unspecified atom stereocenters. The van der Waals surface area contributed by atoms with Gasteiger partial charge in [0, 0.05) is 27.5 Å². The van der Waals surface area contributed by atoms with Crippen LogP contribution in [-0.4, -0.2) is 4.98 Å². The number of halogens is 2. The van der Waals surface area contributed by atoms with Gasteiger partial charge in [-0.3, -0.25) is 0 Å². The zero-order chi connectivity index (χ0) is 14.1. The van der Waals surface area contributed by atoms with Crippen molar-refractivity contribution >= 4 is 11.6 Å². The maximum Gasteiger partial charge on any atom is 0.123 e. The highest BCUT2D eigenvalue weighted by Gasteiger charge is 2.10. The van der Waals surface area contributed by atoms with Crippen LogP contribution >= 0.6 is 11.6 Å². The minimum atomic E-state index is -0.233. The van der Waals surface area contributed by atoms with Crippen molar-refractivity contribution in [3.8, 4) is 22.4 Å². The molecule has 0 fully saturated rings. The van der Waals surface area contributed by atoms with Crippen LogP contribution in [0, 0.1) is 12.7 Å². The predicted octanol–water partition coefficient (Wildman–Crippen LogP) is 5.45. The first-order chi connectivity index (χ1) is 9.65. The molecular weight excluding hydrogens is 273 g/mol. The fourth-order valence-corrected chi connectivity index (χ4v) is 2.54. The van der Waals surface area contributed by atoms with Crippen LogP contribution in [0.5, 0.6) is 0 Å². The molecule has 0 bridgehead atoms. The Morgan fingerprint density at radius 1 is 0.950 bits per heavy atom. The maximum absolute atomic E-state index is 13.0. The summed E-state index contributed by atoms with van der Waals surface area (Å²) in [6.45, 7) is 2.01. The Morgan fingerprint density at radius 3 is 2.35 bits per heavy atom. The van der Waals surface area contributed by atoms with Crippen LogP contribution in [0.25, 0.3) is 22.4 Å². The third-order valence-electron chi connectivity index (χ3n) is 3.33. The number of hydrogen-bond donors (Lipinski definition) is 1. The lowest BCUT2D eigenvalue weighted by Gasteiger charge is -2.02. The maximum atomic E-state index is 13.0. The number of H-pyrrole nitrogens is 1. The molecule has 100 valence electrons. The number of rotatable bonds is 2. The van der Waals surface area contributed by atoms with E-state index in [0.717, 1.165) is 33.1 Å². The molecule has 1 N–H and O–H groups in total. The Hall–Kier alpha value is -2.06. The van der Waals surface area contributed by atoms with Gasteiger partial charge in [0.25, 0.3) is 0 Å². The summed E-state index contributed by atoms with van der Waals surface area (Å²) in [4.78, 5) is 3.33. The van der Waals surface area contributed by atoms with Crippen LogP contribution in [0.2, 0.25) is 5.02 Å². The zero-order valence-electron chi connectivity index (χ0n) is 11.0. The smallest absolute Gasteiger partial charge is 0.123 e. The summed E-state index contributed by atoms with van der Waals surface area (Å²) in [7, 11) is 0. The van der Waals surface area contributed by atoms with Gasteiger partial charge in [0.1, 0.15) is 5.82 Å². The van der Waals surface area contributed by atoms with Crippen LogP contribution in [0.1, 0.15) is 5.69 Å². The van der Waals surface area contributed by atoms with Crippen LogP contribution in [0.15, 0.2) is 54.6 Å². The molecule has 1 aromatic heterocycles. The van der Waals surface area contributed by atoms with Gasteiger partial charge < -0.3 is 4.98 Å². The Morgan fingerprint density at radius 2 is 1.65 bits per heavy atom. The molecule has 3 aromatic rings. The van der Waals surface area contributed by atoms with Crippen molar-refractivity contribution in [2.75, 3.05) is 0 Å². The van der Waals surface area contributed by atoms with Gasteiger partial charge in [-0.05, 0) is 48.9 Å². The van der Waals surface area contributed by atoms with Gasteiger partial charge >= 0.3 is 0 Å². The molecule has 1 heterocycles. The summed E-state index contributed by atoms with van der Waals surface area (Å²) < 4.78 is 13.0. The van der Waals surface area contributed by atoms with Gasteiger partial charge in [0.05, 0.1) is 0 Å². The largest absolute Gasteiger partial charge is 0.358 e. The molecule has 0 spiro atoms. The van der Waals surface area contributed by atoms with E-state index in [2.05, 4.69) is 4.98 Å². The molecule has 0 atom stereocenters. The lowest BCUT2D eigenvalue weighted by molar-refractivity contribution is 0.628. The monoisotopic (exact) mass is 285 g/mol. The van der Waals surface area contributed by atoms with Crippen LogP contribution < -0.4 is 0 Å². The fraction of sp³-hybridized carbons (Fsp3) is 0.0588. The van der Waals surface area contributed by atoms with E-state index >= 15 is 0 Å². The normalized spacial score (nSPS) is 10.8. The number of aryl methyl sites for hydroxylation is 1. The van der Waals surface area contributed by atoms with E-state index in [-0.39, 0.29) is 5.82 Å². The Bertz CT molecular complexity index is 744. The van der Waals surface area contributed by atoms with Gasteiger partial charge in [-0.2, -0.15) is 0 Å². The van der Waals surface area contributed by atoms with E-state index in [1.807, 2.05) is 37.3 Å². The minimum Gasteiger partial charge on any atom is -0.358 e. The molecule has 0 aliphatic rings. The third kappa shape index (κ3) is 2.35.